The first-order valence-corrected chi connectivity index (χ1v) is 40.5. The fraction of sp³-hybridized carbons (Fsp3) is 0.512. The lowest BCUT2D eigenvalue weighted by atomic mass is 10.00. The van der Waals surface area contributed by atoms with Crippen molar-refractivity contribution < 1.29 is 82.1 Å². The predicted octanol–water partition coefficient (Wildman–Crippen LogP) is -5.23. The summed E-state index contributed by atoms with van der Waals surface area (Å²) in [6, 6.07) is 2.54. The van der Waals surface area contributed by atoms with Crippen LogP contribution >= 0.6 is 0 Å². The van der Waals surface area contributed by atoms with Crippen molar-refractivity contribution >= 4 is 122 Å². The highest BCUT2D eigenvalue weighted by atomic mass is 16.3. The number of guanidine groups is 2. The van der Waals surface area contributed by atoms with Crippen molar-refractivity contribution in [2.24, 2.45) is 40.5 Å². The summed E-state index contributed by atoms with van der Waals surface area (Å²) < 4.78 is 0. The molecule has 1 saturated heterocycles. The van der Waals surface area contributed by atoms with Gasteiger partial charge in [-0.2, -0.15) is 0 Å². The zero-order chi connectivity index (χ0) is 90.0. The lowest BCUT2D eigenvalue weighted by Gasteiger charge is -2.31. The number of phenols is 1. The van der Waals surface area contributed by atoms with Gasteiger partial charge in [0.05, 0.1) is 19.7 Å². The van der Waals surface area contributed by atoms with Crippen LogP contribution in [-0.2, 0) is 91.2 Å². The third-order valence-corrected chi connectivity index (χ3v) is 20.4. The molecule has 0 saturated carbocycles. The number of benzene rings is 3. The maximum atomic E-state index is 15.1. The number of hydrogen-bond donors (Lipinski definition) is 26. The van der Waals surface area contributed by atoms with E-state index in [-0.39, 0.29) is 103 Å². The number of primary amides is 1. The van der Waals surface area contributed by atoms with Gasteiger partial charge in [0, 0.05) is 73.1 Å². The number of H-pyrrole nitrogens is 2. The first kappa shape index (κ1) is 97.8. The molecule has 0 spiro atoms. The van der Waals surface area contributed by atoms with Gasteiger partial charge < -0.3 is 134 Å². The molecule has 6 rings (SSSR count). The van der Waals surface area contributed by atoms with Gasteiger partial charge >= 0.3 is 0 Å². The lowest BCUT2D eigenvalue weighted by molar-refractivity contribution is -0.143. The predicted molar refractivity (Wildman–Crippen MR) is 450 cm³/mol. The summed E-state index contributed by atoms with van der Waals surface area (Å²) >= 11 is 0. The number of aromatic hydroxyl groups is 1. The van der Waals surface area contributed by atoms with E-state index in [0.29, 0.717) is 23.1 Å². The number of nitrogens with zero attached hydrogens (tertiary/aromatic N) is 1. The van der Waals surface area contributed by atoms with Crippen molar-refractivity contribution in [1.82, 2.24) is 94.6 Å². The van der Waals surface area contributed by atoms with Crippen LogP contribution in [0, 0.1) is 22.7 Å². The number of nitrogens with two attached hydrogens (primary N) is 5. The molecule has 1 fully saturated rings. The van der Waals surface area contributed by atoms with Crippen molar-refractivity contribution in [1.29, 1.82) is 10.8 Å². The number of aliphatic hydroxyl groups excluding tert-OH is 1. The van der Waals surface area contributed by atoms with E-state index in [9.17, 15) is 77.3 Å². The van der Waals surface area contributed by atoms with Crippen LogP contribution in [0.4, 0.5) is 0 Å². The minimum Gasteiger partial charge on any atom is -0.508 e. The maximum absolute atomic E-state index is 15.1. The molecule has 666 valence electrons. The Morgan fingerprint density at radius 1 is 0.459 bits per heavy atom. The number of unbranched alkanes of at least 4 members (excludes halogenated alkanes) is 1. The quantitative estimate of drug-likeness (QED) is 0.00983. The molecule has 0 unspecified atom stereocenters. The summed E-state index contributed by atoms with van der Waals surface area (Å²) in [5.74, 6) is -14.8. The monoisotopic (exact) mass is 1700 g/mol. The topological polar surface area (TPSA) is 690 Å². The second-order valence-electron chi connectivity index (χ2n) is 30.6. The highest BCUT2D eigenvalue weighted by Crippen LogP contribution is 2.24. The lowest BCUT2D eigenvalue weighted by Crippen LogP contribution is -2.61. The molecule has 1 aliphatic rings. The van der Waals surface area contributed by atoms with Crippen LogP contribution in [0.3, 0.4) is 0 Å². The second-order valence-corrected chi connectivity index (χ2v) is 30.6. The van der Waals surface area contributed by atoms with E-state index in [0.717, 1.165) is 21.8 Å². The van der Waals surface area contributed by atoms with Crippen molar-refractivity contribution in [3.05, 3.63) is 102 Å². The molecule has 15 amide bonds. The molecule has 0 radical (unpaired) electrons. The summed E-state index contributed by atoms with van der Waals surface area (Å²) in [6.45, 7) is 8.35. The molecule has 13 atom stereocenters. The van der Waals surface area contributed by atoms with Crippen LogP contribution in [0.5, 0.6) is 5.75 Å². The van der Waals surface area contributed by atoms with Crippen molar-refractivity contribution in [3.63, 3.8) is 0 Å². The van der Waals surface area contributed by atoms with Crippen molar-refractivity contribution in [3.8, 4) is 5.75 Å². The number of aliphatic hydroxyl groups is 1. The third-order valence-electron chi connectivity index (χ3n) is 20.4. The number of para-hydroxylation sites is 2. The first-order valence-electron chi connectivity index (χ1n) is 40.5. The number of aromatic amines is 2. The van der Waals surface area contributed by atoms with Gasteiger partial charge in [-0.1, -0.05) is 76.2 Å². The number of hydrogen-bond acceptors (Lipinski definition) is 21. The molecule has 42 nitrogen and oxygen atoms in total. The Morgan fingerprint density at radius 2 is 0.893 bits per heavy atom. The molecule has 31 N–H and O–H groups in total. The van der Waals surface area contributed by atoms with Gasteiger partial charge in [-0.25, -0.2) is 0 Å². The SMILES string of the molecule is CC(C)[C@H](NC(=O)[C@H](C)NC(=O)[C@H](CO)NC(=O)[C@@H](NC(=O)[C@@H]1CCCN1C(=O)[C@H](CCCNC(=N)N)NC(=O)[C@H](C)NC(=O)[C@H](CCCNC(=N)N)NC(=O)CNC(=O)[C@H](CCCCN)NC(=O)[C@H](Cc1ccc(O)cc1)NC(=O)[C@H](Cc1c[nH]c2ccccc12)NC(=O)[C@H](Cc1c[nH]c2ccccc12)NC(=O)CN)C(C)C)C(=O)N[C@@H](C)C(N)=O. The van der Waals surface area contributed by atoms with Gasteiger partial charge in [0.2, 0.25) is 88.6 Å². The molecule has 2 aromatic heterocycles. The third kappa shape index (κ3) is 30.4. The van der Waals surface area contributed by atoms with E-state index in [1.54, 1.807) is 46.2 Å². The Hall–Kier alpha value is -13.0. The second kappa shape index (κ2) is 48.3. The van der Waals surface area contributed by atoms with Crippen LogP contribution < -0.4 is 108 Å². The number of likely N-dealkylation sites (tertiary alicyclic amines) is 1. The van der Waals surface area contributed by atoms with Gasteiger partial charge in [0.1, 0.15) is 84.3 Å². The first-order chi connectivity index (χ1) is 57.9. The normalized spacial score (nSPS) is 15.4. The number of carbonyl (C=O) groups excluding carboxylic acids is 15. The molecule has 0 bridgehead atoms. The molecule has 42 heteroatoms. The average Bonchev–Trinajstić information content (AvgIpc) is 1.62. The molecule has 1 aliphatic heterocycles. The van der Waals surface area contributed by atoms with Crippen LogP contribution in [-0.4, -0.2) is 250 Å². The van der Waals surface area contributed by atoms with Crippen LogP contribution in [0.2, 0.25) is 0 Å². The largest absolute Gasteiger partial charge is 0.508 e. The van der Waals surface area contributed by atoms with E-state index in [4.69, 9.17) is 39.5 Å². The minimum atomic E-state index is -1.67. The van der Waals surface area contributed by atoms with Crippen molar-refractivity contribution in [2.45, 2.75) is 204 Å². The Kier molecular flexibility index (Phi) is 38.7. The molecule has 0 aliphatic carbocycles. The smallest absolute Gasteiger partial charge is 0.245 e. The summed E-state index contributed by atoms with van der Waals surface area (Å²) in [5.41, 5.74) is 31.1. The number of phenolic OH excluding ortho intramolecular Hbond substituents is 1. The van der Waals surface area contributed by atoms with Crippen LogP contribution in [0.25, 0.3) is 21.8 Å². The summed E-state index contributed by atoms with van der Waals surface area (Å²) in [4.78, 5) is 216. The fourth-order valence-corrected chi connectivity index (χ4v) is 13.5. The summed E-state index contributed by atoms with van der Waals surface area (Å²) in [5, 5.41) is 76.2. The number of rotatable bonds is 49. The Bertz CT molecular complexity index is 4500. The number of carbonyl (C=O) groups is 15. The molecule has 5 aromatic rings. The van der Waals surface area contributed by atoms with Gasteiger partial charge in [0.25, 0.3) is 0 Å². The zero-order valence-corrected chi connectivity index (χ0v) is 69.5. The summed E-state index contributed by atoms with van der Waals surface area (Å²) in [6.07, 6.45) is 3.85. The standard InChI is InChI=1S/C80H119N25O17/c1-41(2)64(76(120)93-43(5)66(83)110)103-68(112)45(7)95-74(118)60(40-106)102-77(121)65(42(3)4)104-75(119)61-24-16-32-105(61)78(122)56(23-15-31-89-80(86)87)99-67(111)44(6)94-70(114)55(22-14-30-88-79(84)85)96-63(109)39-92-69(113)54(21-12-13-29-81)98-71(115)57(33-46-25-27-49(107)28-26-46)100-73(117)59(35-48-38-91-53-20-11-9-18-51(48)53)101-72(116)58(97-62(108)36-82)34-47-37-90-52-19-10-8-17-50(47)52/h8-11,17-20,25-28,37-38,41-45,54-61,64-65,90-91,106-107H,12-16,21-24,29-36,39-40,81-82H2,1-7H3,(H2,83,110)(H,92,113)(H,93,120)(H,94,114)(H,95,118)(H,96,109)(H,97,108)(H,98,115)(H,99,111)(H,100,117)(H,101,116)(H,102,121)(H,103,112)(H,104,119)(H4,84,85,88)(H4,86,87,89)/t43-,44-,45-,54-,55-,56-,57-,58-,59-,60-,61-,64-,65-/m0/s1. The fourth-order valence-electron chi connectivity index (χ4n) is 13.5. The Labute approximate surface area is 705 Å². The van der Waals surface area contributed by atoms with Crippen LogP contribution in [0.1, 0.15) is 123 Å². The highest BCUT2D eigenvalue weighted by Gasteiger charge is 2.42. The Balaban J connectivity index is 1.15. The molecule has 3 heterocycles. The van der Waals surface area contributed by atoms with Gasteiger partial charge in [-0.3, -0.25) is 82.7 Å². The number of aromatic nitrogens is 2. The van der Waals surface area contributed by atoms with Crippen LogP contribution in [0.15, 0.2) is 85.2 Å². The number of nitrogens with one attached hydrogen (secondary N) is 19. The van der Waals surface area contributed by atoms with Gasteiger partial charge in [-0.15, -0.1) is 0 Å². The molecular weight excluding hydrogens is 1580 g/mol. The van der Waals surface area contributed by atoms with E-state index in [1.165, 1.54) is 49.9 Å². The number of fused-ring (bicyclic) bond motifs is 2. The highest BCUT2D eigenvalue weighted by molar-refractivity contribution is 6.01. The maximum Gasteiger partial charge on any atom is 0.245 e. The minimum absolute atomic E-state index is 0.00530. The Morgan fingerprint density at radius 3 is 1.41 bits per heavy atom. The van der Waals surface area contributed by atoms with E-state index < -0.39 is 211 Å². The number of amides is 15. The molecular formula is C80H119N25O17. The molecule has 122 heavy (non-hydrogen) atoms. The van der Waals surface area contributed by atoms with E-state index in [2.05, 4.69) is 89.7 Å². The van der Waals surface area contributed by atoms with Crippen molar-refractivity contribution in [2.75, 3.05) is 45.9 Å². The zero-order valence-electron chi connectivity index (χ0n) is 69.5. The van der Waals surface area contributed by atoms with Gasteiger partial charge in [-0.05, 0) is 138 Å². The van der Waals surface area contributed by atoms with E-state index >= 15 is 4.79 Å². The summed E-state index contributed by atoms with van der Waals surface area (Å²) in [7, 11) is 0. The van der Waals surface area contributed by atoms with E-state index in [1.807, 2.05) is 42.5 Å². The van der Waals surface area contributed by atoms with Gasteiger partial charge in [0.15, 0.2) is 11.9 Å². The molecule has 3 aromatic carbocycles. The average molecular weight is 1700 g/mol.